The van der Waals surface area contributed by atoms with E-state index in [4.69, 9.17) is 23.7 Å². The third-order valence-electron chi connectivity index (χ3n) is 6.86. The fraction of sp³-hybridized carbons (Fsp3) is 0.294. The van der Waals surface area contributed by atoms with Crippen LogP contribution in [-0.2, 0) is 50.1 Å². The van der Waals surface area contributed by atoms with Crippen LogP contribution >= 0.6 is 0 Å². The van der Waals surface area contributed by atoms with Crippen molar-refractivity contribution < 1.29 is 28.8 Å². The number of benzene rings is 4. The van der Waals surface area contributed by atoms with Crippen LogP contribution in [0.5, 0.6) is 0 Å². The third-order valence-corrected chi connectivity index (χ3v) is 6.86. The standard InChI is InChI=1S/C34H36O6/c35-34-33(39-24-29-19-11-4-12-20-29)32(38-23-28-17-9-3-10-18-28)31(40-34)30(37-22-27-15-7-2-8-16-27)25-36-21-26-13-5-1-6-14-26/h1-20,30-35H,21-25H2/t30-,31+,32+,33-,34-/m1/s1. The second-order valence-electron chi connectivity index (χ2n) is 9.85. The Bertz CT molecular complexity index is 1240. The van der Waals surface area contributed by atoms with Gasteiger partial charge in [0.1, 0.15) is 24.4 Å². The summed E-state index contributed by atoms with van der Waals surface area (Å²) in [5.74, 6) is 0. The minimum Gasteiger partial charge on any atom is -0.374 e. The lowest BCUT2D eigenvalue weighted by Crippen LogP contribution is -2.45. The van der Waals surface area contributed by atoms with Gasteiger partial charge in [-0.3, -0.25) is 0 Å². The molecule has 0 aliphatic carbocycles. The first-order valence-electron chi connectivity index (χ1n) is 13.7. The van der Waals surface area contributed by atoms with Gasteiger partial charge in [-0.1, -0.05) is 121 Å². The summed E-state index contributed by atoms with van der Waals surface area (Å²) >= 11 is 0. The lowest BCUT2D eigenvalue weighted by molar-refractivity contribution is -0.174. The van der Waals surface area contributed by atoms with E-state index in [-0.39, 0.29) is 6.61 Å². The van der Waals surface area contributed by atoms with Crippen molar-refractivity contribution in [3.05, 3.63) is 144 Å². The van der Waals surface area contributed by atoms with E-state index in [9.17, 15) is 5.11 Å². The predicted octanol–water partition coefficient (Wildman–Crippen LogP) is 5.68. The normalized spacial score (nSPS) is 21.3. The van der Waals surface area contributed by atoms with Crippen LogP contribution in [0.3, 0.4) is 0 Å². The van der Waals surface area contributed by atoms with Gasteiger partial charge in [0.2, 0.25) is 0 Å². The Balaban J connectivity index is 1.33. The maximum atomic E-state index is 11.0. The van der Waals surface area contributed by atoms with Crippen molar-refractivity contribution >= 4 is 0 Å². The molecule has 4 aromatic rings. The molecule has 0 bridgehead atoms. The summed E-state index contributed by atoms with van der Waals surface area (Å²) in [6.45, 7) is 1.74. The summed E-state index contributed by atoms with van der Waals surface area (Å²) in [4.78, 5) is 0. The Kier molecular flexibility index (Phi) is 10.5. The number of aliphatic hydroxyl groups is 1. The second kappa shape index (κ2) is 14.9. The summed E-state index contributed by atoms with van der Waals surface area (Å²) in [5, 5.41) is 11.0. The molecular formula is C34H36O6. The van der Waals surface area contributed by atoms with Gasteiger partial charge in [0.15, 0.2) is 6.29 Å². The van der Waals surface area contributed by atoms with E-state index in [0.717, 1.165) is 22.3 Å². The Labute approximate surface area is 236 Å². The molecule has 0 saturated carbocycles. The van der Waals surface area contributed by atoms with Gasteiger partial charge < -0.3 is 28.8 Å². The predicted molar refractivity (Wildman–Crippen MR) is 152 cm³/mol. The van der Waals surface area contributed by atoms with Gasteiger partial charge >= 0.3 is 0 Å². The van der Waals surface area contributed by atoms with E-state index in [0.29, 0.717) is 26.4 Å². The van der Waals surface area contributed by atoms with Crippen LogP contribution in [-0.4, -0.2) is 42.4 Å². The average molecular weight is 541 g/mol. The first-order chi connectivity index (χ1) is 19.8. The number of aliphatic hydroxyl groups excluding tert-OH is 1. The summed E-state index contributed by atoms with van der Waals surface area (Å²) < 4.78 is 31.3. The van der Waals surface area contributed by atoms with Crippen molar-refractivity contribution in [3.63, 3.8) is 0 Å². The van der Waals surface area contributed by atoms with Gasteiger partial charge in [-0.05, 0) is 22.3 Å². The van der Waals surface area contributed by atoms with Crippen molar-refractivity contribution in [2.75, 3.05) is 6.61 Å². The maximum absolute atomic E-state index is 11.0. The molecule has 6 nitrogen and oxygen atoms in total. The van der Waals surface area contributed by atoms with Crippen LogP contribution in [0.4, 0.5) is 0 Å². The molecule has 1 aliphatic heterocycles. The molecule has 0 unspecified atom stereocenters. The van der Waals surface area contributed by atoms with Crippen LogP contribution in [0.1, 0.15) is 22.3 Å². The molecular weight excluding hydrogens is 504 g/mol. The van der Waals surface area contributed by atoms with Crippen molar-refractivity contribution in [3.8, 4) is 0 Å². The highest BCUT2D eigenvalue weighted by molar-refractivity contribution is 5.16. The third kappa shape index (κ3) is 8.08. The van der Waals surface area contributed by atoms with Crippen LogP contribution in [0.2, 0.25) is 0 Å². The molecule has 40 heavy (non-hydrogen) atoms. The van der Waals surface area contributed by atoms with Crippen molar-refractivity contribution in [1.29, 1.82) is 0 Å². The molecule has 0 aromatic heterocycles. The van der Waals surface area contributed by atoms with E-state index in [1.807, 2.05) is 121 Å². The summed E-state index contributed by atoms with van der Waals surface area (Å²) in [7, 11) is 0. The van der Waals surface area contributed by atoms with Gasteiger partial charge in [-0.25, -0.2) is 0 Å². The van der Waals surface area contributed by atoms with Gasteiger partial charge in [0.05, 0.1) is 33.0 Å². The topological polar surface area (TPSA) is 66.4 Å². The minimum atomic E-state index is -1.17. The molecule has 0 radical (unpaired) electrons. The van der Waals surface area contributed by atoms with E-state index in [2.05, 4.69) is 0 Å². The molecule has 0 amide bonds. The molecule has 5 rings (SSSR count). The average Bonchev–Trinajstić information content (AvgIpc) is 3.33. The van der Waals surface area contributed by atoms with Crippen LogP contribution in [0.25, 0.3) is 0 Å². The number of hydrogen-bond donors (Lipinski definition) is 1. The van der Waals surface area contributed by atoms with Crippen LogP contribution < -0.4 is 0 Å². The van der Waals surface area contributed by atoms with E-state index < -0.39 is 30.7 Å². The molecule has 6 heteroatoms. The Morgan fingerprint density at radius 2 is 0.975 bits per heavy atom. The molecule has 1 heterocycles. The zero-order chi connectivity index (χ0) is 27.4. The molecule has 5 atom stereocenters. The molecule has 208 valence electrons. The number of hydrogen-bond acceptors (Lipinski definition) is 6. The summed E-state index contributed by atoms with van der Waals surface area (Å²) in [6.07, 6.45) is -3.58. The summed E-state index contributed by atoms with van der Waals surface area (Å²) in [6, 6.07) is 39.8. The molecule has 1 fully saturated rings. The maximum Gasteiger partial charge on any atom is 0.184 e. The smallest absolute Gasteiger partial charge is 0.184 e. The molecule has 4 aromatic carbocycles. The fourth-order valence-corrected chi connectivity index (χ4v) is 4.75. The largest absolute Gasteiger partial charge is 0.374 e. The molecule has 0 spiro atoms. The minimum absolute atomic E-state index is 0.260. The van der Waals surface area contributed by atoms with E-state index >= 15 is 0 Å². The van der Waals surface area contributed by atoms with Crippen LogP contribution in [0, 0.1) is 0 Å². The highest BCUT2D eigenvalue weighted by Crippen LogP contribution is 2.31. The Morgan fingerprint density at radius 3 is 1.48 bits per heavy atom. The summed E-state index contributed by atoms with van der Waals surface area (Å²) in [5.41, 5.74) is 4.12. The van der Waals surface area contributed by atoms with Gasteiger partial charge in [0, 0.05) is 0 Å². The van der Waals surface area contributed by atoms with Crippen molar-refractivity contribution in [2.45, 2.75) is 57.1 Å². The second-order valence-corrected chi connectivity index (χ2v) is 9.85. The first kappa shape index (κ1) is 28.2. The fourth-order valence-electron chi connectivity index (χ4n) is 4.75. The molecule has 1 saturated heterocycles. The van der Waals surface area contributed by atoms with E-state index in [1.165, 1.54) is 0 Å². The molecule has 1 aliphatic rings. The van der Waals surface area contributed by atoms with Crippen LogP contribution in [0.15, 0.2) is 121 Å². The van der Waals surface area contributed by atoms with Gasteiger partial charge in [-0.2, -0.15) is 0 Å². The lowest BCUT2D eigenvalue weighted by atomic mass is 10.0. The Hall–Kier alpha value is -3.36. The number of ether oxygens (including phenoxy) is 5. The highest BCUT2D eigenvalue weighted by Gasteiger charge is 2.49. The highest BCUT2D eigenvalue weighted by atomic mass is 16.7. The van der Waals surface area contributed by atoms with Gasteiger partial charge in [-0.15, -0.1) is 0 Å². The zero-order valence-corrected chi connectivity index (χ0v) is 22.5. The zero-order valence-electron chi connectivity index (χ0n) is 22.5. The van der Waals surface area contributed by atoms with Crippen molar-refractivity contribution in [2.24, 2.45) is 0 Å². The quantitative estimate of drug-likeness (QED) is 0.222. The lowest BCUT2D eigenvalue weighted by Gasteiger charge is -2.29. The number of rotatable bonds is 14. The van der Waals surface area contributed by atoms with Crippen molar-refractivity contribution in [1.82, 2.24) is 0 Å². The first-order valence-corrected chi connectivity index (χ1v) is 13.7. The SMILES string of the molecule is O[C@@H]1O[C@@H]([C@@H](COCc2ccccc2)OCc2ccccc2)[C@H](OCc2ccccc2)[C@H]1OCc1ccccc1. The Morgan fingerprint density at radius 1 is 0.550 bits per heavy atom. The molecule has 1 N–H and O–H groups in total. The monoisotopic (exact) mass is 540 g/mol. The van der Waals surface area contributed by atoms with E-state index in [1.54, 1.807) is 0 Å². The van der Waals surface area contributed by atoms with Gasteiger partial charge in [0.25, 0.3) is 0 Å².